The predicted molar refractivity (Wildman–Crippen MR) is 91.3 cm³/mol. The molecule has 0 radical (unpaired) electrons. The van der Waals surface area contributed by atoms with Crippen LogP contribution in [0.2, 0.25) is 0 Å². The second-order valence-electron chi connectivity index (χ2n) is 7.27. The average Bonchev–Trinajstić information content (AvgIpc) is 2.99. The molecule has 3 nitrogen and oxygen atoms in total. The molecule has 23 heavy (non-hydrogen) atoms. The summed E-state index contributed by atoms with van der Waals surface area (Å²) < 4.78 is 0. The van der Waals surface area contributed by atoms with Gasteiger partial charge in [-0.15, -0.1) is 0 Å². The number of fused-ring (bicyclic) bond motifs is 7. The van der Waals surface area contributed by atoms with Crippen molar-refractivity contribution in [2.24, 2.45) is 5.92 Å². The second kappa shape index (κ2) is 5.07. The number of aromatic nitrogens is 1. The van der Waals surface area contributed by atoms with Gasteiger partial charge in [0.1, 0.15) is 6.29 Å². The van der Waals surface area contributed by atoms with E-state index < -0.39 is 0 Å². The number of carbonyl (C=O) groups is 1. The molecule has 118 valence electrons. The van der Waals surface area contributed by atoms with Crippen molar-refractivity contribution in [1.29, 1.82) is 0 Å². The van der Waals surface area contributed by atoms with Crippen LogP contribution in [0.3, 0.4) is 0 Å². The number of H-pyrrole nitrogens is 1. The molecular formula is C20H22N2O. The molecule has 1 aromatic carbocycles. The van der Waals surface area contributed by atoms with Gasteiger partial charge >= 0.3 is 0 Å². The molecular weight excluding hydrogens is 284 g/mol. The molecule has 5 rings (SSSR count). The monoisotopic (exact) mass is 306 g/mol. The van der Waals surface area contributed by atoms with Crippen LogP contribution in [0, 0.1) is 5.92 Å². The van der Waals surface area contributed by atoms with Gasteiger partial charge in [0.2, 0.25) is 0 Å². The molecule has 1 fully saturated rings. The summed E-state index contributed by atoms with van der Waals surface area (Å²) in [5.41, 5.74) is 5.31. The van der Waals surface area contributed by atoms with Gasteiger partial charge in [-0.05, 0) is 55.2 Å². The molecule has 1 N–H and O–H groups in total. The highest BCUT2D eigenvalue weighted by atomic mass is 16.1. The van der Waals surface area contributed by atoms with Crippen LogP contribution in [0.15, 0.2) is 35.9 Å². The van der Waals surface area contributed by atoms with E-state index in [0.29, 0.717) is 18.0 Å². The van der Waals surface area contributed by atoms with E-state index in [0.717, 1.165) is 37.7 Å². The molecule has 2 aromatic rings. The van der Waals surface area contributed by atoms with Gasteiger partial charge in [0.05, 0.1) is 6.04 Å². The van der Waals surface area contributed by atoms with E-state index in [1.54, 1.807) is 5.56 Å². The summed E-state index contributed by atoms with van der Waals surface area (Å²) in [6, 6.07) is 9.88. The first-order chi connectivity index (χ1) is 11.3. The third kappa shape index (κ3) is 1.96. The first kappa shape index (κ1) is 13.6. The Morgan fingerprint density at radius 2 is 2.04 bits per heavy atom. The molecule has 3 heterocycles. The zero-order valence-corrected chi connectivity index (χ0v) is 13.3. The number of nitrogens with zero attached hydrogens (tertiary/aromatic N) is 1. The number of piperidine rings is 1. The van der Waals surface area contributed by atoms with Gasteiger partial charge in [-0.25, -0.2) is 0 Å². The largest absolute Gasteiger partial charge is 0.357 e. The van der Waals surface area contributed by atoms with E-state index in [4.69, 9.17) is 0 Å². The molecule has 3 atom stereocenters. The van der Waals surface area contributed by atoms with Gasteiger partial charge in [0, 0.05) is 29.2 Å². The molecule has 0 unspecified atom stereocenters. The van der Waals surface area contributed by atoms with Crippen molar-refractivity contribution in [3.63, 3.8) is 0 Å². The Kier molecular flexibility index (Phi) is 2.99. The first-order valence-electron chi connectivity index (χ1n) is 8.86. The lowest BCUT2D eigenvalue weighted by Crippen LogP contribution is -2.50. The summed E-state index contributed by atoms with van der Waals surface area (Å²) in [6.07, 6.45) is 8.96. The Labute approximate surface area is 136 Å². The summed E-state index contributed by atoms with van der Waals surface area (Å²) >= 11 is 0. The molecule has 0 saturated carbocycles. The van der Waals surface area contributed by atoms with Crippen LogP contribution in [0.5, 0.6) is 0 Å². The van der Waals surface area contributed by atoms with E-state index in [-0.39, 0.29) is 0 Å². The van der Waals surface area contributed by atoms with Gasteiger partial charge in [-0.1, -0.05) is 24.3 Å². The van der Waals surface area contributed by atoms with E-state index in [1.165, 1.54) is 29.4 Å². The highest BCUT2D eigenvalue weighted by Crippen LogP contribution is 2.46. The number of nitrogens with one attached hydrogen (secondary N) is 1. The third-order valence-electron chi connectivity index (χ3n) is 6.20. The first-order valence-corrected chi connectivity index (χ1v) is 8.86. The number of aldehydes is 1. The fourth-order valence-corrected chi connectivity index (χ4v) is 5.18. The number of hydrogen-bond acceptors (Lipinski definition) is 2. The summed E-state index contributed by atoms with van der Waals surface area (Å²) in [5.74, 6) is 0.575. The number of allylic oxidation sites excluding steroid dienone is 1. The zero-order chi connectivity index (χ0) is 15.4. The Balaban J connectivity index is 1.54. The lowest BCUT2D eigenvalue weighted by Gasteiger charge is -2.49. The Hall–Kier alpha value is -1.87. The fourth-order valence-electron chi connectivity index (χ4n) is 5.18. The van der Waals surface area contributed by atoms with Gasteiger partial charge < -0.3 is 4.98 Å². The molecule has 1 aliphatic carbocycles. The minimum Gasteiger partial charge on any atom is -0.357 e. The van der Waals surface area contributed by atoms with Crippen LogP contribution >= 0.6 is 0 Å². The van der Waals surface area contributed by atoms with Crippen LogP contribution in [0.1, 0.15) is 43.0 Å². The molecule has 0 amide bonds. The highest BCUT2D eigenvalue weighted by molar-refractivity contribution is 5.85. The van der Waals surface area contributed by atoms with Crippen molar-refractivity contribution >= 4 is 17.2 Å². The third-order valence-corrected chi connectivity index (χ3v) is 6.20. The number of para-hydroxylation sites is 1. The number of aromatic amines is 1. The van der Waals surface area contributed by atoms with E-state index in [1.807, 2.05) is 0 Å². The maximum Gasteiger partial charge on any atom is 0.145 e. The standard InChI is InChI=1S/C20H22N2O/c23-12-13-5-7-18-14(11-13)6-8-19-20-16(9-10-22(18)19)15-3-1-2-4-17(15)21-20/h1-4,11-12,14,18-19,21H,5-10H2/t14-,18-,19-/m1/s1. The molecule has 0 spiro atoms. The normalized spacial score (nSPS) is 30.3. The van der Waals surface area contributed by atoms with Gasteiger partial charge in [-0.3, -0.25) is 9.69 Å². The van der Waals surface area contributed by atoms with Gasteiger partial charge in [0.25, 0.3) is 0 Å². The lowest BCUT2D eigenvalue weighted by molar-refractivity contribution is -0.105. The van der Waals surface area contributed by atoms with E-state index in [2.05, 4.69) is 40.2 Å². The predicted octanol–water partition coefficient (Wildman–Crippen LogP) is 3.76. The minimum absolute atomic E-state index is 0.540. The maximum absolute atomic E-state index is 11.1. The second-order valence-corrected chi connectivity index (χ2v) is 7.27. The minimum atomic E-state index is 0.540. The molecule has 0 bridgehead atoms. The maximum atomic E-state index is 11.1. The molecule has 3 heteroatoms. The summed E-state index contributed by atoms with van der Waals surface area (Å²) in [4.78, 5) is 17.5. The van der Waals surface area contributed by atoms with Crippen molar-refractivity contribution in [1.82, 2.24) is 9.88 Å². The Bertz CT molecular complexity index is 803. The molecule has 1 saturated heterocycles. The summed E-state index contributed by atoms with van der Waals surface area (Å²) in [5, 5.41) is 1.41. The van der Waals surface area contributed by atoms with Crippen molar-refractivity contribution in [3.05, 3.63) is 47.2 Å². The van der Waals surface area contributed by atoms with Crippen molar-refractivity contribution in [2.75, 3.05) is 6.54 Å². The van der Waals surface area contributed by atoms with Crippen LogP contribution < -0.4 is 0 Å². The molecule has 2 aliphatic heterocycles. The van der Waals surface area contributed by atoms with Crippen LogP contribution in [-0.4, -0.2) is 28.8 Å². The summed E-state index contributed by atoms with van der Waals surface area (Å²) in [7, 11) is 0. The fraction of sp³-hybridized carbons (Fsp3) is 0.450. The van der Waals surface area contributed by atoms with Gasteiger partial charge in [0.15, 0.2) is 0 Å². The Morgan fingerprint density at radius 3 is 2.96 bits per heavy atom. The van der Waals surface area contributed by atoms with Crippen LogP contribution in [0.4, 0.5) is 0 Å². The number of hydrogen-bond donors (Lipinski definition) is 1. The molecule has 3 aliphatic rings. The smallest absolute Gasteiger partial charge is 0.145 e. The van der Waals surface area contributed by atoms with Crippen molar-refractivity contribution in [2.45, 2.75) is 44.2 Å². The van der Waals surface area contributed by atoms with Crippen molar-refractivity contribution in [3.8, 4) is 0 Å². The Morgan fingerprint density at radius 1 is 1.13 bits per heavy atom. The lowest BCUT2D eigenvalue weighted by atomic mass is 9.75. The number of benzene rings is 1. The van der Waals surface area contributed by atoms with E-state index >= 15 is 0 Å². The topological polar surface area (TPSA) is 36.1 Å². The van der Waals surface area contributed by atoms with E-state index in [9.17, 15) is 4.79 Å². The van der Waals surface area contributed by atoms with Crippen molar-refractivity contribution < 1.29 is 4.79 Å². The number of rotatable bonds is 1. The van der Waals surface area contributed by atoms with Gasteiger partial charge in [-0.2, -0.15) is 0 Å². The summed E-state index contributed by atoms with van der Waals surface area (Å²) in [6.45, 7) is 1.16. The quantitative estimate of drug-likeness (QED) is 0.814. The average molecular weight is 306 g/mol. The van der Waals surface area contributed by atoms with Crippen LogP contribution in [0.25, 0.3) is 10.9 Å². The molecule has 1 aromatic heterocycles. The number of carbonyl (C=O) groups excluding carboxylic acids is 1. The SMILES string of the molecule is O=CC1=C[C@H]2CC[C@@H]3c4[nH]c5ccccc5c4CCN3[C@@H]2CC1. The van der Waals surface area contributed by atoms with Crippen LogP contribution in [-0.2, 0) is 11.2 Å². The highest BCUT2D eigenvalue weighted by Gasteiger charge is 2.41. The zero-order valence-electron chi connectivity index (χ0n) is 13.3.